The summed E-state index contributed by atoms with van der Waals surface area (Å²) in [6, 6.07) is 5.49. The predicted molar refractivity (Wildman–Crippen MR) is 88.9 cm³/mol. The minimum Gasteiger partial charge on any atom is -0.324 e. The van der Waals surface area contributed by atoms with E-state index in [1.54, 1.807) is 0 Å². The number of anilines is 1. The molecule has 3 nitrogen and oxygen atoms in total. The first kappa shape index (κ1) is 16.3. The van der Waals surface area contributed by atoms with Gasteiger partial charge < -0.3 is 5.32 Å². The van der Waals surface area contributed by atoms with E-state index in [4.69, 9.17) is 11.6 Å². The molecule has 0 radical (unpaired) electrons. The van der Waals surface area contributed by atoms with Crippen molar-refractivity contribution in [3.05, 3.63) is 28.8 Å². The topological polar surface area (TPSA) is 32.3 Å². The second-order valence-corrected chi connectivity index (χ2v) is 6.36. The summed E-state index contributed by atoms with van der Waals surface area (Å²) in [6.07, 6.45) is 6.26. The highest BCUT2D eigenvalue weighted by molar-refractivity contribution is 6.31. The van der Waals surface area contributed by atoms with Crippen LogP contribution in [0.25, 0.3) is 0 Å². The fourth-order valence-corrected chi connectivity index (χ4v) is 2.96. The van der Waals surface area contributed by atoms with Crippen LogP contribution in [0.3, 0.4) is 0 Å². The van der Waals surface area contributed by atoms with Gasteiger partial charge in [-0.3, -0.25) is 9.69 Å². The van der Waals surface area contributed by atoms with Crippen LogP contribution in [-0.4, -0.2) is 29.9 Å². The number of nitrogens with one attached hydrogen (secondary N) is 1. The van der Waals surface area contributed by atoms with Gasteiger partial charge in [0.2, 0.25) is 5.91 Å². The van der Waals surface area contributed by atoms with Crippen molar-refractivity contribution in [3.8, 4) is 0 Å². The monoisotopic (exact) mass is 308 g/mol. The molecule has 1 fully saturated rings. The third-order valence-corrected chi connectivity index (χ3v) is 4.51. The number of carbonyl (C=O) groups excluding carboxylic acids is 1. The first-order valence-corrected chi connectivity index (χ1v) is 8.27. The number of likely N-dealkylation sites (tertiary alicyclic amines) is 1. The third kappa shape index (κ3) is 4.72. The zero-order chi connectivity index (χ0) is 15.2. The number of halogens is 1. The van der Waals surface area contributed by atoms with Gasteiger partial charge in [0.1, 0.15) is 0 Å². The predicted octanol–water partition coefficient (Wildman–Crippen LogP) is 4.24. The number of hydrogen-bond donors (Lipinski definition) is 1. The summed E-state index contributed by atoms with van der Waals surface area (Å²) in [5, 5.41) is 3.67. The lowest BCUT2D eigenvalue weighted by molar-refractivity contribution is -0.120. The number of hydrogen-bond acceptors (Lipinski definition) is 2. The summed E-state index contributed by atoms with van der Waals surface area (Å²) in [6.45, 7) is 6.01. The molecule has 0 aromatic heterocycles. The average molecular weight is 309 g/mol. The highest BCUT2D eigenvalue weighted by Crippen LogP contribution is 2.21. The fourth-order valence-electron chi connectivity index (χ4n) is 2.79. The second-order valence-electron chi connectivity index (χ2n) is 5.93. The minimum atomic E-state index is -0.0959. The molecule has 1 aromatic carbocycles. The highest BCUT2D eigenvalue weighted by Gasteiger charge is 2.22. The van der Waals surface area contributed by atoms with E-state index in [1.165, 1.54) is 32.1 Å². The van der Waals surface area contributed by atoms with E-state index in [1.807, 2.05) is 32.0 Å². The summed E-state index contributed by atoms with van der Waals surface area (Å²) in [4.78, 5) is 14.8. The molecular weight excluding hydrogens is 284 g/mol. The maximum Gasteiger partial charge on any atom is 0.241 e. The van der Waals surface area contributed by atoms with Gasteiger partial charge in [-0.15, -0.1) is 0 Å². The lowest BCUT2D eigenvalue weighted by Gasteiger charge is -2.29. The number of amides is 1. The Morgan fingerprint density at radius 2 is 1.81 bits per heavy atom. The summed E-state index contributed by atoms with van der Waals surface area (Å²) in [7, 11) is 0. The van der Waals surface area contributed by atoms with E-state index in [-0.39, 0.29) is 11.9 Å². The second kappa shape index (κ2) is 7.81. The van der Waals surface area contributed by atoms with Crippen LogP contribution in [0.15, 0.2) is 18.2 Å². The van der Waals surface area contributed by atoms with Crippen LogP contribution in [-0.2, 0) is 4.79 Å². The Morgan fingerprint density at radius 1 is 1.19 bits per heavy atom. The number of benzene rings is 1. The van der Waals surface area contributed by atoms with Crippen molar-refractivity contribution in [3.63, 3.8) is 0 Å². The van der Waals surface area contributed by atoms with E-state index < -0.39 is 0 Å². The van der Waals surface area contributed by atoms with Crippen molar-refractivity contribution in [1.29, 1.82) is 0 Å². The molecule has 2 rings (SSSR count). The Bertz CT molecular complexity index is 482. The Hall–Kier alpha value is -1.06. The van der Waals surface area contributed by atoms with Crippen molar-refractivity contribution >= 4 is 23.2 Å². The van der Waals surface area contributed by atoms with Crippen LogP contribution in [0, 0.1) is 6.92 Å². The van der Waals surface area contributed by atoms with Crippen molar-refractivity contribution in [2.24, 2.45) is 0 Å². The summed E-state index contributed by atoms with van der Waals surface area (Å²) >= 11 is 6.01. The zero-order valence-corrected chi connectivity index (χ0v) is 13.7. The van der Waals surface area contributed by atoms with Crippen molar-refractivity contribution < 1.29 is 4.79 Å². The zero-order valence-electron chi connectivity index (χ0n) is 13.0. The van der Waals surface area contributed by atoms with Crippen LogP contribution in [0.2, 0.25) is 5.02 Å². The van der Waals surface area contributed by atoms with Crippen LogP contribution in [0.5, 0.6) is 0 Å². The van der Waals surface area contributed by atoms with E-state index in [0.29, 0.717) is 5.02 Å². The summed E-state index contributed by atoms with van der Waals surface area (Å²) in [5.74, 6) is 0.0564. The van der Waals surface area contributed by atoms with Crippen molar-refractivity contribution in [2.75, 3.05) is 18.4 Å². The first-order valence-electron chi connectivity index (χ1n) is 7.89. The van der Waals surface area contributed by atoms with Gasteiger partial charge in [-0.1, -0.05) is 36.9 Å². The SMILES string of the molecule is Cc1ccc(Cl)cc1NC(=O)[C@H](C)N1CCCCCCC1. The lowest BCUT2D eigenvalue weighted by Crippen LogP contribution is -2.43. The van der Waals surface area contributed by atoms with Crippen LogP contribution >= 0.6 is 11.6 Å². The quantitative estimate of drug-likeness (QED) is 0.905. The van der Waals surface area contributed by atoms with Crippen LogP contribution < -0.4 is 5.32 Å². The van der Waals surface area contributed by atoms with Crippen molar-refractivity contribution in [1.82, 2.24) is 4.90 Å². The van der Waals surface area contributed by atoms with Gasteiger partial charge in [0.25, 0.3) is 0 Å². The van der Waals surface area contributed by atoms with Crippen LogP contribution in [0.4, 0.5) is 5.69 Å². The van der Waals surface area contributed by atoms with Gasteiger partial charge in [-0.05, 0) is 57.5 Å². The maximum absolute atomic E-state index is 12.5. The van der Waals surface area contributed by atoms with Gasteiger partial charge in [0.05, 0.1) is 6.04 Å². The molecule has 1 N–H and O–H groups in total. The molecule has 1 heterocycles. The fraction of sp³-hybridized carbons (Fsp3) is 0.588. The molecule has 0 aliphatic carbocycles. The molecule has 1 atom stereocenters. The molecule has 0 bridgehead atoms. The molecule has 1 aromatic rings. The number of nitrogens with zero attached hydrogens (tertiary/aromatic N) is 1. The van der Waals surface area contributed by atoms with E-state index in [9.17, 15) is 4.79 Å². The van der Waals surface area contributed by atoms with E-state index >= 15 is 0 Å². The summed E-state index contributed by atoms with van der Waals surface area (Å²) < 4.78 is 0. The first-order chi connectivity index (χ1) is 10.1. The van der Waals surface area contributed by atoms with Gasteiger partial charge >= 0.3 is 0 Å². The molecular formula is C17H25ClN2O. The molecule has 0 saturated carbocycles. The van der Waals surface area contributed by atoms with Gasteiger partial charge in [0.15, 0.2) is 0 Å². The minimum absolute atomic E-state index is 0.0564. The highest BCUT2D eigenvalue weighted by atomic mass is 35.5. The Morgan fingerprint density at radius 3 is 2.48 bits per heavy atom. The molecule has 116 valence electrons. The van der Waals surface area contributed by atoms with Crippen LogP contribution in [0.1, 0.15) is 44.6 Å². The molecule has 1 aliphatic heterocycles. The van der Waals surface area contributed by atoms with E-state index in [2.05, 4.69) is 10.2 Å². The van der Waals surface area contributed by atoms with Gasteiger partial charge in [-0.25, -0.2) is 0 Å². The standard InChI is InChI=1S/C17H25ClN2O/c1-13-8-9-15(18)12-16(13)19-17(21)14(2)20-10-6-4-3-5-7-11-20/h8-9,12,14H,3-7,10-11H2,1-2H3,(H,19,21)/t14-/m0/s1. The Balaban J connectivity index is 1.99. The number of rotatable bonds is 3. The molecule has 1 amide bonds. The molecule has 0 unspecified atom stereocenters. The summed E-state index contributed by atoms with van der Waals surface area (Å²) in [5.41, 5.74) is 1.85. The molecule has 1 aliphatic rings. The Kier molecular flexibility index (Phi) is 6.07. The average Bonchev–Trinajstić information content (AvgIpc) is 2.42. The Labute approximate surface area is 132 Å². The van der Waals surface area contributed by atoms with E-state index in [0.717, 1.165) is 24.3 Å². The lowest BCUT2D eigenvalue weighted by atomic mass is 10.1. The molecule has 0 spiro atoms. The maximum atomic E-state index is 12.5. The van der Waals surface area contributed by atoms with Crippen molar-refractivity contribution in [2.45, 2.75) is 52.0 Å². The normalized spacial score (nSPS) is 18.6. The third-order valence-electron chi connectivity index (χ3n) is 4.28. The number of aryl methyl sites for hydroxylation is 1. The van der Waals surface area contributed by atoms with Gasteiger partial charge in [0, 0.05) is 10.7 Å². The smallest absolute Gasteiger partial charge is 0.241 e. The number of carbonyl (C=O) groups is 1. The largest absolute Gasteiger partial charge is 0.324 e. The molecule has 21 heavy (non-hydrogen) atoms. The van der Waals surface area contributed by atoms with Gasteiger partial charge in [-0.2, -0.15) is 0 Å². The molecule has 4 heteroatoms. The molecule has 1 saturated heterocycles.